The number of anilines is 1. The Morgan fingerprint density at radius 1 is 1.06 bits per heavy atom. The summed E-state index contributed by atoms with van der Waals surface area (Å²) >= 11 is 0. The van der Waals surface area contributed by atoms with Gasteiger partial charge < -0.3 is 14.1 Å². The molecule has 0 bridgehead atoms. The minimum absolute atomic E-state index is 0.321. The molecule has 0 saturated carbocycles. The molecule has 0 radical (unpaired) electrons. The third-order valence-corrected chi connectivity index (χ3v) is 8.97. The Kier molecular flexibility index (Phi) is 7.82. The van der Waals surface area contributed by atoms with Crippen molar-refractivity contribution < 1.29 is 9.16 Å². The summed E-state index contributed by atoms with van der Waals surface area (Å²) in [7, 11) is -1.62. The molecule has 2 heterocycles. The van der Waals surface area contributed by atoms with Gasteiger partial charge >= 0.3 is 0 Å². The lowest BCUT2D eigenvalue weighted by molar-refractivity contribution is 0.209. The van der Waals surface area contributed by atoms with E-state index in [1.807, 2.05) is 30.5 Å². The van der Waals surface area contributed by atoms with Crippen molar-refractivity contribution in [1.29, 1.82) is 0 Å². The lowest BCUT2D eigenvalue weighted by atomic mass is 10.0. The predicted octanol–water partition coefficient (Wildman–Crippen LogP) is 7.13. The van der Waals surface area contributed by atoms with E-state index in [4.69, 9.17) is 9.16 Å². The van der Waals surface area contributed by atoms with Crippen molar-refractivity contribution in [2.24, 2.45) is 5.41 Å². The third-order valence-electron chi connectivity index (χ3n) is 6.08. The average Bonchev–Trinajstić information content (AvgIpc) is 3.22. The number of fused-ring (bicyclic) bond motifs is 1. The quantitative estimate of drug-likeness (QED) is 0.224. The Morgan fingerprint density at radius 3 is 2.57 bits per heavy atom. The van der Waals surface area contributed by atoms with E-state index in [1.54, 1.807) is 0 Å². The number of benzene rings is 2. The van der Waals surface area contributed by atoms with Crippen molar-refractivity contribution in [1.82, 2.24) is 9.78 Å². The van der Waals surface area contributed by atoms with Crippen LogP contribution in [-0.4, -0.2) is 31.2 Å². The number of rotatable bonds is 10. The highest BCUT2D eigenvalue weighted by Crippen LogP contribution is 2.28. The summed E-state index contributed by atoms with van der Waals surface area (Å²) in [6.45, 7) is 14.6. The molecule has 0 unspecified atom stereocenters. The molecule has 2 aromatic carbocycles. The number of aryl methyl sites for hydroxylation is 1. The zero-order valence-corrected chi connectivity index (χ0v) is 22.8. The van der Waals surface area contributed by atoms with E-state index in [2.05, 4.69) is 91.2 Å². The molecule has 1 aliphatic heterocycles. The zero-order valence-electron chi connectivity index (χ0n) is 21.8. The minimum Gasteiger partial charge on any atom is -0.489 e. The Hall–Kier alpha value is -2.83. The number of hydrogen-bond donors (Lipinski definition) is 0. The van der Waals surface area contributed by atoms with Crippen LogP contribution in [0.4, 0.5) is 5.69 Å². The fourth-order valence-electron chi connectivity index (χ4n) is 4.84. The third kappa shape index (κ3) is 7.32. The standard InChI is InChI=1S/C29H39N3O2Si/c1-29(2,3)23-35(4,5)34-19-9-16-32-28-13-12-26(20-25(28)21-30-32)31-17-14-27(15-18-31)33-22-24-10-7-6-8-11-24/h6-8,10-15,17,20-21H,9,16,18-19,22-23H2,1-5H3. The topological polar surface area (TPSA) is 39.5 Å². The summed E-state index contributed by atoms with van der Waals surface area (Å²) < 4.78 is 14.4. The maximum atomic E-state index is 6.33. The van der Waals surface area contributed by atoms with Gasteiger partial charge in [-0.15, -0.1) is 0 Å². The Balaban J connectivity index is 1.29. The van der Waals surface area contributed by atoms with Gasteiger partial charge in [-0.05, 0) is 66.9 Å². The highest BCUT2D eigenvalue weighted by molar-refractivity contribution is 6.71. The largest absolute Gasteiger partial charge is 0.489 e. The van der Waals surface area contributed by atoms with Gasteiger partial charge in [0.2, 0.25) is 0 Å². The molecule has 1 aromatic heterocycles. The van der Waals surface area contributed by atoms with Crippen LogP contribution in [-0.2, 0) is 22.3 Å². The molecule has 0 amide bonds. The molecule has 1 aliphatic rings. The van der Waals surface area contributed by atoms with Gasteiger partial charge in [0, 0.05) is 37.0 Å². The van der Waals surface area contributed by atoms with E-state index in [1.165, 1.54) is 17.1 Å². The second kappa shape index (κ2) is 10.8. The van der Waals surface area contributed by atoms with Gasteiger partial charge in [-0.1, -0.05) is 51.1 Å². The lowest BCUT2D eigenvalue weighted by Gasteiger charge is -2.30. The first-order valence-electron chi connectivity index (χ1n) is 12.6. The molecule has 0 fully saturated rings. The SMILES string of the molecule is CC(C)(C)C[Si](C)(C)OCCCn1ncc2cc(N3C=CC(OCc4ccccc4)=CC3)ccc21. The molecule has 0 spiro atoms. The van der Waals surface area contributed by atoms with Crippen molar-refractivity contribution in [3.63, 3.8) is 0 Å². The minimum atomic E-state index is -1.62. The summed E-state index contributed by atoms with van der Waals surface area (Å²) in [5, 5.41) is 5.81. The van der Waals surface area contributed by atoms with E-state index >= 15 is 0 Å². The molecule has 35 heavy (non-hydrogen) atoms. The molecule has 0 N–H and O–H groups in total. The van der Waals surface area contributed by atoms with Crippen LogP contribution in [0.25, 0.3) is 10.9 Å². The van der Waals surface area contributed by atoms with Crippen LogP contribution in [0.1, 0.15) is 32.8 Å². The molecule has 6 heteroatoms. The van der Waals surface area contributed by atoms with Crippen molar-refractivity contribution >= 4 is 24.9 Å². The smallest absolute Gasteiger partial charge is 0.187 e. The fraction of sp³-hybridized carbons (Fsp3) is 0.414. The van der Waals surface area contributed by atoms with E-state index in [0.717, 1.165) is 42.9 Å². The number of ether oxygens (including phenoxy) is 1. The summed E-state index contributed by atoms with van der Waals surface area (Å²) in [4.78, 5) is 2.22. The first kappa shape index (κ1) is 25.3. The van der Waals surface area contributed by atoms with Crippen LogP contribution in [0.2, 0.25) is 19.1 Å². The van der Waals surface area contributed by atoms with Gasteiger partial charge in [-0.25, -0.2) is 0 Å². The lowest BCUT2D eigenvalue weighted by Crippen LogP contribution is -2.35. The first-order valence-corrected chi connectivity index (χ1v) is 15.7. The van der Waals surface area contributed by atoms with Gasteiger partial charge in [-0.2, -0.15) is 5.10 Å². The van der Waals surface area contributed by atoms with E-state index < -0.39 is 8.32 Å². The van der Waals surface area contributed by atoms with Gasteiger partial charge in [0.15, 0.2) is 8.32 Å². The van der Waals surface area contributed by atoms with Crippen LogP contribution in [0, 0.1) is 5.41 Å². The fourth-order valence-corrected chi connectivity index (χ4v) is 8.20. The Morgan fingerprint density at radius 2 is 1.86 bits per heavy atom. The molecule has 3 aromatic rings. The maximum absolute atomic E-state index is 6.33. The molecule has 0 saturated heterocycles. The van der Waals surface area contributed by atoms with Crippen LogP contribution in [0.5, 0.6) is 0 Å². The van der Waals surface area contributed by atoms with Crippen LogP contribution in [0.15, 0.2) is 78.8 Å². The second-order valence-corrected chi connectivity index (χ2v) is 15.3. The molecule has 0 aliphatic carbocycles. The van der Waals surface area contributed by atoms with Crippen molar-refractivity contribution in [2.45, 2.75) is 59.5 Å². The van der Waals surface area contributed by atoms with Crippen LogP contribution >= 0.6 is 0 Å². The molecule has 186 valence electrons. The van der Waals surface area contributed by atoms with Gasteiger partial charge in [0.1, 0.15) is 12.4 Å². The van der Waals surface area contributed by atoms with Crippen molar-refractivity contribution in [2.75, 3.05) is 18.1 Å². The zero-order chi connectivity index (χ0) is 24.9. The van der Waals surface area contributed by atoms with E-state index in [-0.39, 0.29) is 0 Å². The Labute approximate surface area is 211 Å². The number of allylic oxidation sites excluding steroid dienone is 1. The first-order chi connectivity index (χ1) is 16.7. The van der Waals surface area contributed by atoms with Crippen molar-refractivity contribution in [3.05, 3.63) is 84.4 Å². The molecular weight excluding hydrogens is 450 g/mol. The van der Waals surface area contributed by atoms with Gasteiger partial charge in [0.25, 0.3) is 0 Å². The van der Waals surface area contributed by atoms with Crippen LogP contribution < -0.4 is 4.90 Å². The van der Waals surface area contributed by atoms with E-state index in [0.29, 0.717) is 12.0 Å². The monoisotopic (exact) mass is 489 g/mol. The summed E-state index contributed by atoms with van der Waals surface area (Å²) in [5.41, 5.74) is 3.82. The molecule has 0 atom stereocenters. The highest BCUT2D eigenvalue weighted by atomic mass is 28.4. The van der Waals surface area contributed by atoms with E-state index in [9.17, 15) is 0 Å². The number of hydrogen-bond acceptors (Lipinski definition) is 4. The molecule has 4 rings (SSSR count). The predicted molar refractivity (Wildman–Crippen MR) is 148 cm³/mol. The summed E-state index contributed by atoms with van der Waals surface area (Å²) in [5.74, 6) is 0.912. The average molecular weight is 490 g/mol. The second-order valence-electron chi connectivity index (χ2n) is 11.2. The summed E-state index contributed by atoms with van der Waals surface area (Å²) in [6, 6.07) is 18.0. The normalized spacial score (nSPS) is 14.4. The highest BCUT2D eigenvalue weighted by Gasteiger charge is 2.28. The maximum Gasteiger partial charge on any atom is 0.187 e. The number of nitrogens with zero attached hydrogens (tertiary/aromatic N) is 3. The molecular formula is C29H39N3O2Si. The van der Waals surface area contributed by atoms with Crippen molar-refractivity contribution in [3.8, 4) is 0 Å². The Bertz CT molecular complexity index is 1180. The molecule has 5 nitrogen and oxygen atoms in total. The summed E-state index contributed by atoms with van der Waals surface area (Å²) in [6.07, 6.45) is 9.19. The van der Waals surface area contributed by atoms with Gasteiger partial charge in [0.05, 0.1) is 11.7 Å². The van der Waals surface area contributed by atoms with Gasteiger partial charge in [-0.3, -0.25) is 4.68 Å². The number of aromatic nitrogens is 2. The van der Waals surface area contributed by atoms with Crippen LogP contribution in [0.3, 0.4) is 0 Å².